The molecule has 1 aliphatic heterocycles. The summed E-state index contributed by atoms with van der Waals surface area (Å²) >= 11 is 0. The van der Waals surface area contributed by atoms with Crippen LogP contribution in [0.2, 0.25) is 0 Å². The van der Waals surface area contributed by atoms with Gasteiger partial charge in [0.15, 0.2) is 0 Å². The van der Waals surface area contributed by atoms with Crippen molar-refractivity contribution in [2.24, 2.45) is 0 Å². The van der Waals surface area contributed by atoms with Crippen molar-refractivity contribution in [2.75, 3.05) is 14.2 Å². The lowest BCUT2D eigenvalue weighted by atomic mass is 9.85. The molecule has 1 aromatic rings. The molecule has 1 aliphatic rings. The first-order valence-corrected chi connectivity index (χ1v) is 7.25. The summed E-state index contributed by atoms with van der Waals surface area (Å²) in [4.78, 5) is 11.6. The number of ether oxygens (including phenoxy) is 3. The van der Waals surface area contributed by atoms with E-state index in [9.17, 15) is 4.79 Å². The molecule has 0 saturated heterocycles. The maximum Gasteiger partial charge on any atom is 0.309 e. The summed E-state index contributed by atoms with van der Waals surface area (Å²) in [6, 6.07) is 0. The zero-order chi connectivity index (χ0) is 15.8. The molecule has 0 amide bonds. The molecule has 0 saturated carbocycles. The molecular formula is C17H24O4. The van der Waals surface area contributed by atoms with Gasteiger partial charge in [-0.2, -0.15) is 0 Å². The summed E-state index contributed by atoms with van der Waals surface area (Å²) in [5.41, 5.74) is 4.01. The zero-order valence-electron chi connectivity index (χ0n) is 13.8. The second-order valence-electron chi connectivity index (χ2n) is 6.02. The van der Waals surface area contributed by atoms with Gasteiger partial charge in [0, 0.05) is 5.56 Å². The Labute approximate surface area is 126 Å². The van der Waals surface area contributed by atoms with Gasteiger partial charge in [0.25, 0.3) is 0 Å². The van der Waals surface area contributed by atoms with Crippen LogP contribution in [0.1, 0.15) is 42.0 Å². The molecule has 0 N–H and O–H groups in total. The van der Waals surface area contributed by atoms with E-state index in [2.05, 4.69) is 6.92 Å². The topological polar surface area (TPSA) is 44.8 Å². The molecule has 1 heterocycles. The van der Waals surface area contributed by atoms with E-state index in [0.29, 0.717) is 0 Å². The average Bonchev–Trinajstić information content (AvgIpc) is 2.45. The molecular weight excluding hydrogens is 268 g/mol. The van der Waals surface area contributed by atoms with Crippen LogP contribution >= 0.6 is 0 Å². The van der Waals surface area contributed by atoms with Gasteiger partial charge in [-0.15, -0.1) is 0 Å². The number of benzene rings is 1. The molecule has 0 radical (unpaired) electrons. The fourth-order valence-electron chi connectivity index (χ4n) is 3.09. The second-order valence-corrected chi connectivity index (χ2v) is 6.02. The number of fused-ring (bicyclic) bond motifs is 1. The number of carbonyl (C=O) groups excluding carboxylic acids is 1. The van der Waals surface area contributed by atoms with Crippen molar-refractivity contribution in [3.05, 3.63) is 22.3 Å². The summed E-state index contributed by atoms with van der Waals surface area (Å²) in [5.74, 6) is 1.61. The monoisotopic (exact) mass is 292 g/mol. The van der Waals surface area contributed by atoms with Gasteiger partial charge in [0.1, 0.15) is 17.1 Å². The minimum absolute atomic E-state index is 0.236. The third-order valence-electron chi connectivity index (χ3n) is 4.51. The number of hydrogen-bond donors (Lipinski definition) is 0. The summed E-state index contributed by atoms with van der Waals surface area (Å²) in [6.07, 6.45) is 1.94. The highest BCUT2D eigenvalue weighted by Crippen LogP contribution is 2.44. The van der Waals surface area contributed by atoms with E-state index in [-0.39, 0.29) is 12.4 Å². The van der Waals surface area contributed by atoms with Crippen molar-refractivity contribution in [3.8, 4) is 11.5 Å². The molecule has 1 atom stereocenters. The van der Waals surface area contributed by atoms with E-state index in [0.717, 1.165) is 41.0 Å². The molecule has 2 rings (SSSR count). The SMILES string of the molecule is COC(=O)C[C@@]1(C)CCc2c(C)c(OC)c(C)c(C)c2O1. The highest BCUT2D eigenvalue weighted by molar-refractivity contribution is 5.71. The van der Waals surface area contributed by atoms with E-state index in [1.54, 1.807) is 7.11 Å². The summed E-state index contributed by atoms with van der Waals surface area (Å²) in [5, 5.41) is 0. The predicted octanol–water partition coefficient (Wildman–Crippen LogP) is 3.27. The predicted molar refractivity (Wildman–Crippen MR) is 81.2 cm³/mol. The number of rotatable bonds is 3. The lowest BCUT2D eigenvalue weighted by Gasteiger charge is -2.37. The fraction of sp³-hybridized carbons (Fsp3) is 0.588. The number of esters is 1. The van der Waals surface area contributed by atoms with Gasteiger partial charge >= 0.3 is 5.97 Å². The summed E-state index contributed by atoms with van der Waals surface area (Å²) in [7, 11) is 3.11. The van der Waals surface area contributed by atoms with Crippen molar-refractivity contribution in [3.63, 3.8) is 0 Å². The maximum absolute atomic E-state index is 11.6. The quantitative estimate of drug-likeness (QED) is 0.802. The first kappa shape index (κ1) is 15.7. The molecule has 0 unspecified atom stereocenters. The Bertz CT molecular complexity index is 577. The average molecular weight is 292 g/mol. The van der Waals surface area contributed by atoms with E-state index in [4.69, 9.17) is 14.2 Å². The second kappa shape index (κ2) is 5.58. The van der Waals surface area contributed by atoms with Gasteiger partial charge in [0.05, 0.1) is 20.6 Å². The minimum atomic E-state index is -0.502. The van der Waals surface area contributed by atoms with Crippen molar-refractivity contribution in [1.29, 1.82) is 0 Å². The number of methoxy groups -OCH3 is 2. The van der Waals surface area contributed by atoms with Crippen molar-refractivity contribution in [1.82, 2.24) is 0 Å². The molecule has 4 nitrogen and oxygen atoms in total. The number of carbonyl (C=O) groups is 1. The standard InChI is InChI=1S/C17H24O4/c1-10-11(2)16-13(12(3)15(10)20-6)7-8-17(4,21-16)9-14(18)19-5/h7-9H2,1-6H3/t17-/m1/s1. The van der Waals surface area contributed by atoms with Gasteiger partial charge in [0.2, 0.25) is 0 Å². The Morgan fingerprint density at radius 2 is 1.86 bits per heavy atom. The van der Waals surface area contributed by atoms with Crippen LogP contribution in [0, 0.1) is 20.8 Å². The maximum atomic E-state index is 11.6. The first-order chi connectivity index (χ1) is 9.83. The van der Waals surface area contributed by atoms with E-state index < -0.39 is 5.60 Å². The fourth-order valence-corrected chi connectivity index (χ4v) is 3.09. The van der Waals surface area contributed by atoms with Crippen LogP contribution in [0.15, 0.2) is 0 Å². The van der Waals surface area contributed by atoms with Crippen LogP contribution < -0.4 is 9.47 Å². The molecule has 21 heavy (non-hydrogen) atoms. The highest BCUT2D eigenvalue weighted by atomic mass is 16.5. The van der Waals surface area contributed by atoms with Gasteiger partial charge in [-0.25, -0.2) is 0 Å². The van der Waals surface area contributed by atoms with Crippen LogP contribution in [0.4, 0.5) is 0 Å². The van der Waals surface area contributed by atoms with E-state index in [1.165, 1.54) is 12.7 Å². The van der Waals surface area contributed by atoms with Crippen molar-refractivity contribution < 1.29 is 19.0 Å². The molecule has 0 fully saturated rings. The van der Waals surface area contributed by atoms with Crippen LogP contribution in [0.5, 0.6) is 11.5 Å². The first-order valence-electron chi connectivity index (χ1n) is 7.25. The normalized spacial score (nSPS) is 20.5. The van der Waals surface area contributed by atoms with Gasteiger partial charge in [-0.3, -0.25) is 4.79 Å². The van der Waals surface area contributed by atoms with E-state index in [1.807, 2.05) is 20.8 Å². The van der Waals surface area contributed by atoms with Gasteiger partial charge in [-0.05, 0) is 57.2 Å². The Kier molecular flexibility index (Phi) is 4.17. The van der Waals surface area contributed by atoms with Crippen LogP contribution in [0.3, 0.4) is 0 Å². The molecule has 0 aliphatic carbocycles. The smallest absolute Gasteiger partial charge is 0.309 e. The molecule has 0 aromatic heterocycles. The van der Waals surface area contributed by atoms with Crippen LogP contribution in [-0.4, -0.2) is 25.8 Å². The van der Waals surface area contributed by atoms with Crippen molar-refractivity contribution in [2.45, 2.75) is 52.6 Å². The largest absolute Gasteiger partial charge is 0.496 e. The molecule has 0 spiro atoms. The summed E-state index contributed by atoms with van der Waals surface area (Å²) < 4.78 is 16.5. The van der Waals surface area contributed by atoms with E-state index >= 15 is 0 Å². The number of hydrogen-bond acceptors (Lipinski definition) is 4. The molecule has 116 valence electrons. The zero-order valence-corrected chi connectivity index (χ0v) is 13.8. The lowest BCUT2D eigenvalue weighted by Crippen LogP contribution is -2.39. The van der Waals surface area contributed by atoms with Gasteiger partial charge < -0.3 is 14.2 Å². The van der Waals surface area contributed by atoms with Crippen molar-refractivity contribution >= 4 is 5.97 Å². The Morgan fingerprint density at radius 3 is 2.43 bits per heavy atom. The third-order valence-corrected chi connectivity index (χ3v) is 4.51. The Balaban J connectivity index is 2.44. The molecule has 4 heteroatoms. The minimum Gasteiger partial charge on any atom is -0.496 e. The molecule has 1 aromatic carbocycles. The third kappa shape index (κ3) is 2.71. The Hall–Kier alpha value is -1.71. The van der Waals surface area contributed by atoms with Crippen LogP contribution in [-0.2, 0) is 16.0 Å². The Morgan fingerprint density at radius 1 is 1.19 bits per heavy atom. The lowest BCUT2D eigenvalue weighted by molar-refractivity contribution is -0.145. The van der Waals surface area contributed by atoms with Crippen LogP contribution in [0.25, 0.3) is 0 Å². The van der Waals surface area contributed by atoms with Gasteiger partial charge in [-0.1, -0.05) is 0 Å². The highest BCUT2D eigenvalue weighted by Gasteiger charge is 2.36. The molecule has 0 bridgehead atoms. The summed E-state index contributed by atoms with van der Waals surface area (Å²) in [6.45, 7) is 8.12.